The van der Waals surface area contributed by atoms with Gasteiger partial charge in [0.25, 0.3) is 0 Å². The molecule has 0 bridgehead atoms. The maximum Gasteiger partial charge on any atom is 0.125 e. The van der Waals surface area contributed by atoms with Gasteiger partial charge in [-0.1, -0.05) is 70.4 Å². The van der Waals surface area contributed by atoms with Crippen LogP contribution < -0.4 is 0 Å². The molecule has 3 unspecified atom stereocenters. The van der Waals surface area contributed by atoms with Gasteiger partial charge in [-0.05, 0) is 42.6 Å². The van der Waals surface area contributed by atoms with E-state index in [4.69, 9.17) is 0 Å². The Bertz CT molecular complexity index is 452. The van der Waals surface area contributed by atoms with Crippen molar-refractivity contribution in [2.24, 2.45) is 11.3 Å². The van der Waals surface area contributed by atoms with Crippen LogP contribution in [0, 0.1) is 11.3 Å². The van der Waals surface area contributed by atoms with Crippen molar-refractivity contribution >= 4 is 6.29 Å². The van der Waals surface area contributed by atoms with Gasteiger partial charge >= 0.3 is 0 Å². The third-order valence-electron chi connectivity index (χ3n) is 5.34. The summed E-state index contributed by atoms with van der Waals surface area (Å²) in [6.07, 6.45) is 9.43. The lowest BCUT2D eigenvalue weighted by Gasteiger charge is -2.46. The number of rotatable bonds is 6. The van der Waals surface area contributed by atoms with Gasteiger partial charge in [-0.2, -0.15) is 0 Å². The van der Waals surface area contributed by atoms with E-state index in [1.807, 2.05) is 0 Å². The summed E-state index contributed by atoms with van der Waals surface area (Å²) in [5, 5.41) is 0. The number of aldehydes is 1. The van der Waals surface area contributed by atoms with E-state index >= 15 is 0 Å². The summed E-state index contributed by atoms with van der Waals surface area (Å²) in [7, 11) is 0. The first-order valence-electron chi connectivity index (χ1n) is 8.55. The number of hydrogen-bond donors (Lipinski definition) is 0. The van der Waals surface area contributed by atoms with Crippen LogP contribution in [0.2, 0.25) is 0 Å². The molecule has 0 aromatic heterocycles. The molecular formula is C20H30O. The molecule has 116 valence electrons. The highest BCUT2D eigenvalue weighted by Gasteiger charge is 2.43. The summed E-state index contributed by atoms with van der Waals surface area (Å²) in [4.78, 5) is 11.6. The zero-order valence-corrected chi connectivity index (χ0v) is 13.9. The molecule has 0 amide bonds. The Morgan fingerprint density at radius 1 is 1.24 bits per heavy atom. The van der Waals surface area contributed by atoms with Crippen molar-refractivity contribution in [2.75, 3.05) is 0 Å². The summed E-state index contributed by atoms with van der Waals surface area (Å²) >= 11 is 0. The van der Waals surface area contributed by atoms with Crippen molar-refractivity contribution in [3.63, 3.8) is 0 Å². The highest BCUT2D eigenvalue weighted by atomic mass is 16.1. The normalized spacial score (nSPS) is 30.8. The van der Waals surface area contributed by atoms with Crippen molar-refractivity contribution in [2.45, 2.75) is 71.1 Å². The number of hydrogen-bond acceptors (Lipinski definition) is 1. The third-order valence-corrected chi connectivity index (χ3v) is 5.34. The molecule has 1 fully saturated rings. The standard InChI is InChI=1S/C20H30O/c1-4-9-17(2)14-20(18-10-6-5-7-11-18)13-8-12-19(3,15-20)16-21/h5-7,10-11,16-17H,4,8-9,12-15H2,1-3H3. The Morgan fingerprint density at radius 2 is 1.95 bits per heavy atom. The van der Waals surface area contributed by atoms with E-state index in [9.17, 15) is 4.79 Å². The molecule has 1 aromatic rings. The molecule has 0 spiro atoms. The summed E-state index contributed by atoms with van der Waals surface area (Å²) in [5.41, 5.74) is 1.50. The van der Waals surface area contributed by atoms with Crippen molar-refractivity contribution in [3.05, 3.63) is 35.9 Å². The van der Waals surface area contributed by atoms with Gasteiger partial charge in [0.05, 0.1) is 0 Å². The Kier molecular flexibility index (Phi) is 5.24. The Labute approximate surface area is 130 Å². The van der Waals surface area contributed by atoms with Gasteiger partial charge in [0.2, 0.25) is 0 Å². The monoisotopic (exact) mass is 286 g/mol. The minimum Gasteiger partial charge on any atom is -0.303 e. The molecule has 0 saturated heterocycles. The van der Waals surface area contributed by atoms with Gasteiger partial charge in [-0.3, -0.25) is 0 Å². The van der Waals surface area contributed by atoms with E-state index in [1.54, 1.807) is 0 Å². The Balaban J connectivity index is 2.32. The average molecular weight is 286 g/mol. The molecule has 0 N–H and O–H groups in total. The van der Waals surface area contributed by atoms with Gasteiger partial charge in [0.15, 0.2) is 0 Å². The van der Waals surface area contributed by atoms with Crippen molar-refractivity contribution < 1.29 is 4.79 Å². The lowest BCUT2D eigenvalue weighted by Crippen LogP contribution is -2.40. The van der Waals surface area contributed by atoms with Crippen molar-refractivity contribution in [3.8, 4) is 0 Å². The molecular weight excluding hydrogens is 256 g/mol. The lowest BCUT2D eigenvalue weighted by atomic mass is 9.58. The fourth-order valence-electron chi connectivity index (χ4n) is 4.47. The number of carbonyl (C=O) groups is 1. The fourth-order valence-corrected chi connectivity index (χ4v) is 4.47. The molecule has 1 nitrogen and oxygen atoms in total. The van der Waals surface area contributed by atoms with Crippen LogP contribution in [0.4, 0.5) is 0 Å². The van der Waals surface area contributed by atoms with Crippen LogP contribution in [0.25, 0.3) is 0 Å². The molecule has 1 aliphatic rings. The van der Waals surface area contributed by atoms with Gasteiger partial charge < -0.3 is 4.79 Å². The van der Waals surface area contributed by atoms with Crippen LogP contribution in [-0.2, 0) is 10.2 Å². The zero-order valence-electron chi connectivity index (χ0n) is 13.9. The van der Waals surface area contributed by atoms with E-state index in [2.05, 4.69) is 51.1 Å². The molecule has 3 atom stereocenters. The first-order valence-corrected chi connectivity index (χ1v) is 8.55. The second kappa shape index (κ2) is 6.77. The van der Waals surface area contributed by atoms with Crippen LogP contribution in [0.15, 0.2) is 30.3 Å². The minimum atomic E-state index is -0.139. The first kappa shape index (κ1) is 16.3. The zero-order chi connectivity index (χ0) is 15.3. The smallest absolute Gasteiger partial charge is 0.125 e. The Hall–Kier alpha value is -1.11. The van der Waals surface area contributed by atoms with Crippen LogP contribution in [0.5, 0.6) is 0 Å². The van der Waals surface area contributed by atoms with Crippen molar-refractivity contribution in [1.29, 1.82) is 0 Å². The summed E-state index contributed by atoms with van der Waals surface area (Å²) < 4.78 is 0. The highest BCUT2D eigenvalue weighted by Crippen LogP contribution is 2.50. The maximum absolute atomic E-state index is 11.6. The van der Waals surface area contributed by atoms with Crippen LogP contribution in [-0.4, -0.2) is 6.29 Å². The van der Waals surface area contributed by atoms with Gasteiger partial charge in [-0.25, -0.2) is 0 Å². The predicted octanol–water partition coefficient (Wildman–Crippen LogP) is 5.53. The molecule has 0 heterocycles. The van der Waals surface area contributed by atoms with Crippen LogP contribution in [0.3, 0.4) is 0 Å². The van der Waals surface area contributed by atoms with Crippen LogP contribution in [0.1, 0.15) is 71.3 Å². The summed E-state index contributed by atoms with van der Waals surface area (Å²) in [6, 6.07) is 10.9. The summed E-state index contributed by atoms with van der Waals surface area (Å²) in [5.74, 6) is 0.726. The third kappa shape index (κ3) is 3.75. The number of carbonyl (C=O) groups excluding carboxylic acids is 1. The molecule has 0 radical (unpaired) electrons. The second-order valence-corrected chi connectivity index (χ2v) is 7.55. The van der Waals surface area contributed by atoms with Crippen molar-refractivity contribution in [1.82, 2.24) is 0 Å². The molecule has 1 aromatic carbocycles. The van der Waals surface area contributed by atoms with Gasteiger partial charge in [-0.15, -0.1) is 0 Å². The number of benzene rings is 1. The van der Waals surface area contributed by atoms with E-state index in [-0.39, 0.29) is 10.8 Å². The molecule has 1 saturated carbocycles. The largest absolute Gasteiger partial charge is 0.303 e. The average Bonchev–Trinajstić information content (AvgIpc) is 2.48. The second-order valence-electron chi connectivity index (χ2n) is 7.55. The molecule has 21 heavy (non-hydrogen) atoms. The lowest BCUT2D eigenvalue weighted by molar-refractivity contribution is -0.118. The Morgan fingerprint density at radius 3 is 2.57 bits per heavy atom. The van der Waals surface area contributed by atoms with Gasteiger partial charge in [0, 0.05) is 5.41 Å². The maximum atomic E-state index is 11.6. The van der Waals surface area contributed by atoms with E-state index in [0.29, 0.717) is 0 Å². The SMILES string of the molecule is CCCC(C)CC1(c2ccccc2)CCCC(C)(C=O)C1. The van der Waals surface area contributed by atoms with E-state index in [0.717, 1.165) is 18.8 Å². The quantitative estimate of drug-likeness (QED) is 0.628. The van der Waals surface area contributed by atoms with Crippen LogP contribution >= 0.6 is 0 Å². The molecule has 0 aliphatic heterocycles. The molecule has 1 aliphatic carbocycles. The predicted molar refractivity (Wildman–Crippen MR) is 89.4 cm³/mol. The van der Waals surface area contributed by atoms with Gasteiger partial charge in [0.1, 0.15) is 6.29 Å². The van der Waals surface area contributed by atoms with E-state index in [1.165, 1.54) is 44.0 Å². The molecule has 2 rings (SSSR count). The fraction of sp³-hybridized carbons (Fsp3) is 0.650. The summed E-state index contributed by atoms with van der Waals surface area (Å²) in [6.45, 7) is 6.80. The minimum absolute atomic E-state index is 0.139. The first-order chi connectivity index (χ1) is 10.0. The topological polar surface area (TPSA) is 17.1 Å². The highest BCUT2D eigenvalue weighted by molar-refractivity contribution is 5.59. The van der Waals surface area contributed by atoms with E-state index < -0.39 is 0 Å². The molecule has 1 heteroatoms.